The molecule has 102 valence electrons. The maximum atomic E-state index is 6.18. The van der Waals surface area contributed by atoms with Crippen LogP contribution in [0.4, 0.5) is 0 Å². The molecule has 1 N–H and O–H groups in total. The first-order valence-electron chi connectivity index (χ1n) is 6.49. The van der Waals surface area contributed by atoms with Gasteiger partial charge in [-0.15, -0.1) is 11.3 Å². The zero-order valence-electron chi connectivity index (χ0n) is 10.9. The summed E-state index contributed by atoms with van der Waals surface area (Å²) >= 11 is 13.6. The number of hydrogen-bond donors (Lipinski definition) is 1. The summed E-state index contributed by atoms with van der Waals surface area (Å²) in [6.45, 7) is 7.97. The van der Waals surface area contributed by atoms with Crippen molar-refractivity contribution in [1.82, 2.24) is 10.2 Å². The minimum absolute atomic E-state index is 0.249. The standard InChI is InChI=1S/C13H20Cl2N2S/c1-9(8-17-5-3-4-6-17)16-10(2)11-7-12(14)18-13(11)15/h7,9-10,16H,3-6,8H2,1-2H3. The quantitative estimate of drug-likeness (QED) is 0.877. The Kier molecular flexibility index (Phi) is 5.34. The Morgan fingerprint density at radius 3 is 2.56 bits per heavy atom. The minimum atomic E-state index is 0.249. The van der Waals surface area contributed by atoms with Crippen LogP contribution in [0.25, 0.3) is 0 Å². The van der Waals surface area contributed by atoms with E-state index in [2.05, 4.69) is 24.1 Å². The van der Waals surface area contributed by atoms with Crippen molar-refractivity contribution in [3.8, 4) is 0 Å². The Bertz CT molecular complexity index is 388. The third-order valence-electron chi connectivity index (χ3n) is 3.41. The van der Waals surface area contributed by atoms with E-state index in [1.807, 2.05) is 6.07 Å². The first kappa shape index (κ1) is 14.6. The summed E-state index contributed by atoms with van der Waals surface area (Å²) in [6.07, 6.45) is 2.68. The van der Waals surface area contributed by atoms with Crippen LogP contribution in [0.15, 0.2) is 6.07 Å². The molecule has 0 saturated carbocycles. The van der Waals surface area contributed by atoms with Gasteiger partial charge in [-0.1, -0.05) is 23.2 Å². The lowest BCUT2D eigenvalue weighted by atomic mass is 10.1. The smallest absolute Gasteiger partial charge is 0.0991 e. The molecule has 2 atom stereocenters. The van der Waals surface area contributed by atoms with Gasteiger partial charge >= 0.3 is 0 Å². The number of nitrogens with one attached hydrogen (secondary N) is 1. The second-order valence-electron chi connectivity index (χ2n) is 5.08. The molecule has 2 nitrogen and oxygen atoms in total. The number of likely N-dealkylation sites (tertiary alicyclic amines) is 1. The van der Waals surface area contributed by atoms with Gasteiger partial charge in [0.15, 0.2) is 0 Å². The lowest BCUT2D eigenvalue weighted by Crippen LogP contribution is -2.39. The molecule has 0 radical (unpaired) electrons. The fourth-order valence-corrected chi connectivity index (χ4v) is 4.22. The van der Waals surface area contributed by atoms with Crippen molar-refractivity contribution in [2.45, 2.75) is 38.8 Å². The lowest BCUT2D eigenvalue weighted by molar-refractivity contribution is 0.289. The van der Waals surface area contributed by atoms with Crippen LogP contribution < -0.4 is 5.32 Å². The van der Waals surface area contributed by atoms with Crippen molar-refractivity contribution in [2.75, 3.05) is 19.6 Å². The van der Waals surface area contributed by atoms with E-state index < -0.39 is 0 Å². The van der Waals surface area contributed by atoms with Crippen molar-refractivity contribution >= 4 is 34.5 Å². The molecule has 1 saturated heterocycles. The molecule has 1 aromatic heterocycles. The van der Waals surface area contributed by atoms with Crippen molar-refractivity contribution in [1.29, 1.82) is 0 Å². The zero-order valence-corrected chi connectivity index (χ0v) is 13.2. The van der Waals surface area contributed by atoms with Gasteiger partial charge in [0.25, 0.3) is 0 Å². The highest BCUT2D eigenvalue weighted by atomic mass is 35.5. The molecule has 18 heavy (non-hydrogen) atoms. The van der Waals surface area contributed by atoms with Gasteiger partial charge in [0.2, 0.25) is 0 Å². The van der Waals surface area contributed by atoms with E-state index in [0.717, 1.165) is 20.8 Å². The molecule has 2 heterocycles. The van der Waals surface area contributed by atoms with Gasteiger partial charge in [0, 0.05) is 18.6 Å². The molecule has 2 rings (SSSR count). The van der Waals surface area contributed by atoms with Crippen molar-refractivity contribution in [2.24, 2.45) is 0 Å². The summed E-state index contributed by atoms with van der Waals surface area (Å²) in [5, 5.41) is 3.60. The average Bonchev–Trinajstić information content (AvgIpc) is 2.88. The number of hydrogen-bond acceptors (Lipinski definition) is 3. The van der Waals surface area contributed by atoms with Crippen LogP contribution in [0.1, 0.15) is 38.3 Å². The fourth-order valence-electron chi connectivity index (χ4n) is 2.57. The molecule has 2 unspecified atom stereocenters. The van der Waals surface area contributed by atoms with Gasteiger partial charge in [-0.05, 0) is 51.4 Å². The third-order valence-corrected chi connectivity index (χ3v) is 4.93. The predicted molar refractivity (Wildman–Crippen MR) is 81.0 cm³/mol. The summed E-state index contributed by atoms with van der Waals surface area (Å²) in [5.41, 5.74) is 1.11. The van der Waals surface area contributed by atoms with Crippen LogP contribution in [0.5, 0.6) is 0 Å². The second kappa shape index (κ2) is 6.58. The Labute approximate surface area is 123 Å². The minimum Gasteiger partial charge on any atom is -0.306 e. The monoisotopic (exact) mass is 306 g/mol. The molecule has 5 heteroatoms. The van der Waals surface area contributed by atoms with Crippen LogP contribution in [0.3, 0.4) is 0 Å². The van der Waals surface area contributed by atoms with E-state index in [0.29, 0.717) is 6.04 Å². The SMILES string of the molecule is CC(CN1CCCC1)NC(C)c1cc(Cl)sc1Cl. The van der Waals surface area contributed by atoms with Crippen LogP contribution in [0, 0.1) is 0 Å². The molecular formula is C13H20Cl2N2S. The van der Waals surface area contributed by atoms with E-state index >= 15 is 0 Å². The summed E-state index contributed by atoms with van der Waals surface area (Å²) in [6, 6.07) is 2.68. The summed E-state index contributed by atoms with van der Waals surface area (Å²) in [5.74, 6) is 0. The maximum absolute atomic E-state index is 6.18. The van der Waals surface area contributed by atoms with E-state index in [9.17, 15) is 0 Å². The van der Waals surface area contributed by atoms with Crippen LogP contribution >= 0.6 is 34.5 Å². The van der Waals surface area contributed by atoms with Gasteiger partial charge in [0.1, 0.15) is 0 Å². The van der Waals surface area contributed by atoms with Gasteiger partial charge < -0.3 is 10.2 Å². The number of thiophene rings is 1. The Morgan fingerprint density at radius 2 is 2.00 bits per heavy atom. The van der Waals surface area contributed by atoms with Gasteiger partial charge in [-0.3, -0.25) is 0 Å². The zero-order chi connectivity index (χ0) is 13.1. The van der Waals surface area contributed by atoms with Crippen molar-refractivity contribution < 1.29 is 0 Å². The van der Waals surface area contributed by atoms with E-state index in [4.69, 9.17) is 23.2 Å². The van der Waals surface area contributed by atoms with Crippen LogP contribution in [-0.2, 0) is 0 Å². The van der Waals surface area contributed by atoms with Crippen LogP contribution in [-0.4, -0.2) is 30.6 Å². The molecule has 0 bridgehead atoms. The Morgan fingerprint density at radius 1 is 1.33 bits per heavy atom. The maximum Gasteiger partial charge on any atom is 0.0991 e. The molecule has 0 aliphatic carbocycles. The highest BCUT2D eigenvalue weighted by molar-refractivity contribution is 7.20. The molecule has 1 aliphatic rings. The van der Waals surface area contributed by atoms with Gasteiger partial charge in [-0.2, -0.15) is 0 Å². The van der Waals surface area contributed by atoms with E-state index in [1.54, 1.807) is 0 Å². The van der Waals surface area contributed by atoms with Crippen LogP contribution in [0.2, 0.25) is 8.67 Å². The molecule has 1 aromatic rings. The first-order valence-corrected chi connectivity index (χ1v) is 8.06. The molecular weight excluding hydrogens is 287 g/mol. The van der Waals surface area contributed by atoms with Gasteiger partial charge in [-0.25, -0.2) is 0 Å². The summed E-state index contributed by atoms with van der Waals surface area (Å²) in [7, 11) is 0. The topological polar surface area (TPSA) is 15.3 Å². The largest absolute Gasteiger partial charge is 0.306 e. The second-order valence-corrected chi connectivity index (χ2v) is 7.36. The molecule has 1 fully saturated rings. The van der Waals surface area contributed by atoms with Crippen molar-refractivity contribution in [3.63, 3.8) is 0 Å². The fraction of sp³-hybridized carbons (Fsp3) is 0.692. The number of halogens is 2. The Balaban J connectivity index is 1.86. The predicted octanol–water partition coefficient (Wildman–Crippen LogP) is 4.19. The molecule has 1 aliphatic heterocycles. The lowest BCUT2D eigenvalue weighted by Gasteiger charge is -2.24. The Hall–Kier alpha value is 0.200. The van der Waals surface area contributed by atoms with Gasteiger partial charge in [0.05, 0.1) is 8.67 Å². The number of rotatable bonds is 5. The normalized spacial score (nSPS) is 20.2. The summed E-state index contributed by atoms with van der Waals surface area (Å²) < 4.78 is 1.56. The van der Waals surface area contributed by atoms with E-state index in [1.165, 1.54) is 37.3 Å². The molecule has 0 spiro atoms. The van der Waals surface area contributed by atoms with E-state index in [-0.39, 0.29) is 6.04 Å². The molecule has 0 amide bonds. The summed E-state index contributed by atoms with van der Waals surface area (Å²) in [4.78, 5) is 2.52. The highest BCUT2D eigenvalue weighted by Crippen LogP contribution is 2.34. The average molecular weight is 307 g/mol. The third kappa shape index (κ3) is 3.84. The molecule has 0 aromatic carbocycles. The highest BCUT2D eigenvalue weighted by Gasteiger charge is 2.18. The van der Waals surface area contributed by atoms with Crippen molar-refractivity contribution in [3.05, 3.63) is 20.3 Å². The number of nitrogens with zero attached hydrogens (tertiary/aromatic N) is 1. The first-order chi connectivity index (χ1) is 8.56.